The third-order valence-electron chi connectivity index (χ3n) is 11.1. The van der Waals surface area contributed by atoms with Crippen molar-refractivity contribution in [1.82, 2.24) is 19.5 Å². The van der Waals surface area contributed by atoms with E-state index in [4.69, 9.17) is 15.0 Å². The minimum Gasteiger partial charge on any atom is -0.308 e. The van der Waals surface area contributed by atoms with Gasteiger partial charge in [-0.1, -0.05) is 188 Å². The lowest BCUT2D eigenvalue weighted by atomic mass is 9.97. The van der Waals surface area contributed by atoms with Gasteiger partial charge in [0.2, 0.25) is 0 Å². The average molecular weight is 727 g/mol. The molecule has 9 aromatic carbocycles. The first-order chi connectivity index (χ1) is 28.3. The van der Waals surface area contributed by atoms with Gasteiger partial charge in [-0.25, -0.2) is 15.0 Å². The van der Waals surface area contributed by atoms with E-state index >= 15 is 0 Å². The fraction of sp³-hybridized carbons (Fsp3) is 0. The molecule has 0 radical (unpaired) electrons. The van der Waals surface area contributed by atoms with E-state index in [1.807, 2.05) is 18.2 Å². The largest absolute Gasteiger partial charge is 0.308 e. The Hall–Kier alpha value is -7.69. The molecule has 266 valence electrons. The zero-order chi connectivity index (χ0) is 37.7. The molecule has 0 saturated heterocycles. The van der Waals surface area contributed by atoms with E-state index in [1.165, 1.54) is 43.4 Å². The summed E-state index contributed by atoms with van der Waals surface area (Å²) in [5, 5.41) is 7.34. The molecule has 0 atom stereocenters. The van der Waals surface area contributed by atoms with Gasteiger partial charge in [-0.2, -0.15) is 0 Å². The molecule has 0 fully saturated rings. The summed E-state index contributed by atoms with van der Waals surface area (Å²) in [6, 6.07) is 72.8. The second kappa shape index (κ2) is 13.6. The maximum Gasteiger partial charge on any atom is 0.164 e. The highest BCUT2D eigenvalue weighted by molar-refractivity contribution is 6.19. The predicted molar refractivity (Wildman–Crippen MR) is 236 cm³/mol. The third kappa shape index (κ3) is 5.66. The summed E-state index contributed by atoms with van der Waals surface area (Å²) in [5.74, 6) is 1.88. The molecular weight excluding hydrogens is 693 g/mol. The van der Waals surface area contributed by atoms with E-state index in [0.717, 1.165) is 44.6 Å². The van der Waals surface area contributed by atoms with Crippen molar-refractivity contribution >= 4 is 43.4 Å². The SMILES string of the molecule is c1ccc(-c2nc(-c3ccc(-c4ccc5ccccc5c4)cc3)nc(-c3ccccc3-c3ccccc3-n3c4ccccc4c4ccc5ccccc5c43)n2)cc1. The lowest BCUT2D eigenvalue weighted by molar-refractivity contribution is 1.07. The van der Waals surface area contributed by atoms with Gasteiger partial charge in [0.25, 0.3) is 0 Å². The Labute approximate surface area is 330 Å². The monoisotopic (exact) mass is 726 g/mol. The molecule has 2 heterocycles. The van der Waals surface area contributed by atoms with Crippen molar-refractivity contribution in [3.8, 4) is 62.1 Å². The van der Waals surface area contributed by atoms with Crippen LogP contribution in [0.5, 0.6) is 0 Å². The van der Waals surface area contributed by atoms with Gasteiger partial charge in [0, 0.05) is 38.4 Å². The maximum atomic E-state index is 5.23. The van der Waals surface area contributed by atoms with E-state index in [2.05, 4.69) is 193 Å². The Kier molecular flexibility index (Phi) is 7.78. The molecule has 4 nitrogen and oxygen atoms in total. The quantitative estimate of drug-likeness (QED) is 0.171. The minimum absolute atomic E-state index is 0.621. The highest BCUT2D eigenvalue weighted by Crippen LogP contribution is 2.41. The number of fused-ring (bicyclic) bond motifs is 6. The minimum atomic E-state index is 0.621. The summed E-state index contributed by atoms with van der Waals surface area (Å²) < 4.78 is 2.43. The molecule has 11 aromatic rings. The Morgan fingerprint density at radius 1 is 0.298 bits per heavy atom. The standard InChI is InChI=1S/C53H34N4/c1-2-16-38(17-3-1)51-54-52(39-29-26-36(27-30-39)41-31-28-35-14-4-5-18-40(35)34-41)56-53(55-51)47-23-9-8-20-43(47)44-21-10-12-24-48(44)57-49-25-13-11-22-45(49)46-33-32-37-15-6-7-19-42(37)50(46)57/h1-34H. The summed E-state index contributed by atoms with van der Waals surface area (Å²) in [6.45, 7) is 0. The van der Waals surface area contributed by atoms with Gasteiger partial charge in [-0.3, -0.25) is 0 Å². The van der Waals surface area contributed by atoms with E-state index in [0.29, 0.717) is 17.5 Å². The van der Waals surface area contributed by atoms with Crippen LogP contribution in [0.3, 0.4) is 0 Å². The second-order valence-corrected chi connectivity index (χ2v) is 14.4. The van der Waals surface area contributed by atoms with Crippen molar-refractivity contribution in [2.75, 3.05) is 0 Å². The van der Waals surface area contributed by atoms with Crippen molar-refractivity contribution in [1.29, 1.82) is 0 Å². The van der Waals surface area contributed by atoms with Crippen molar-refractivity contribution in [2.24, 2.45) is 0 Å². The van der Waals surface area contributed by atoms with Crippen LogP contribution in [0, 0.1) is 0 Å². The number of aromatic nitrogens is 4. The number of hydrogen-bond donors (Lipinski definition) is 0. The Morgan fingerprint density at radius 2 is 0.842 bits per heavy atom. The van der Waals surface area contributed by atoms with E-state index in [1.54, 1.807) is 0 Å². The summed E-state index contributed by atoms with van der Waals surface area (Å²) in [4.78, 5) is 15.5. The predicted octanol–water partition coefficient (Wildman–Crippen LogP) is 13.6. The fourth-order valence-electron chi connectivity index (χ4n) is 8.31. The van der Waals surface area contributed by atoms with Crippen molar-refractivity contribution in [2.45, 2.75) is 0 Å². The van der Waals surface area contributed by atoms with Crippen LogP contribution in [-0.4, -0.2) is 19.5 Å². The zero-order valence-electron chi connectivity index (χ0n) is 30.9. The lowest BCUT2D eigenvalue weighted by Gasteiger charge is -2.17. The van der Waals surface area contributed by atoms with E-state index in [-0.39, 0.29) is 0 Å². The smallest absolute Gasteiger partial charge is 0.164 e. The molecule has 0 aliphatic heterocycles. The number of nitrogens with zero attached hydrogens (tertiary/aromatic N) is 4. The molecule has 0 spiro atoms. The molecule has 2 aromatic heterocycles. The van der Waals surface area contributed by atoms with E-state index < -0.39 is 0 Å². The highest BCUT2D eigenvalue weighted by Gasteiger charge is 2.21. The Balaban J connectivity index is 1.09. The van der Waals surface area contributed by atoms with Crippen LogP contribution in [0.2, 0.25) is 0 Å². The number of para-hydroxylation sites is 2. The Morgan fingerprint density at radius 3 is 1.65 bits per heavy atom. The van der Waals surface area contributed by atoms with Crippen LogP contribution < -0.4 is 0 Å². The number of rotatable bonds is 6. The summed E-state index contributed by atoms with van der Waals surface area (Å²) in [6.07, 6.45) is 0. The van der Waals surface area contributed by atoms with Gasteiger partial charge in [-0.15, -0.1) is 0 Å². The summed E-state index contributed by atoms with van der Waals surface area (Å²) >= 11 is 0. The fourth-order valence-corrected chi connectivity index (χ4v) is 8.31. The van der Waals surface area contributed by atoms with Crippen LogP contribution in [-0.2, 0) is 0 Å². The second-order valence-electron chi connectivity index (χ2n) is 14.4. The molecule has 0 aliphatic carbocycles. The van der Waals surface area contributed by atoms with Gasteiger partial charge in [-0.05, 0) is 51.0 Å². The first-order valence-corrected chi connectivity index (χ1v) is 19.3. The van der Waals surface area contributed by atoms with Crippen molar-refractivity contribution in [3.63, 3.8) is 0 Å². The molecule has 0 saturated carbocycles. The number of hydrogen-bond acceptors (Lipinski definition) is 3. The highest BCUT2D eigenvalue weighted by atomic mass is 15.0. The summed E-state index contributed by atoms with van der Waals surface area (Å²) in [7, 11) is 0. The normalized spacial score (nSPS) is 11.5. The first-order valence-electron chi connectivity index (χ1n) is 19.3. The molecule has 4 heteroatoms. The molecule has 0 aliphatic rings. The number of benzene rings is 9. The van der Waals surface area contributed by atoms with Gasteiger partial charge >= 0.3 is 0 Å². The van der Waals surface area contributed by atoms with Gasteiger partial charge in [0.1, 0.15) is 0 Å². The van der Waals surface area contributed by atoms with Crippen LogP contribution in [0.1, 0.15) is 0 Å². The molecule has 0 amide bonds. The van der Waals surface area contributed by atoms with Crippen LogP contribution in [0.4, 0.5) is 0 Å². The van der Waals surface area contributed by atoms with E-state index in [9.17, 15) is 0 Å². The topological polar surface area (TPSA) is 43.6 Å². The first kappa shape index (κ1) is 32.7. The lowest BCUT2D eigenvalue weighted by Crippen LogP contribution is -2.02. The molecule has 57 heavy (non-hydrogen) atoms. The zero-order valence-corrected chi connectivity index (χ0v) is 30.9. The molecule has 0 N–H and O–H groups in total. The van der Waals surface area contributed by atoms with Crippen molar-refractivity contribution < 1.29 is 0 Å². The van der Waals surface area contributed by atoms with Gasteiger partial charge < -0.3 is 4.57 Å². The molecule has 11 rings (SSSR count). The molecular formula is C53H34N4. The third-order valence-corrected chi connectivity index (χ3v) is 11.1. The van der Waals surface area contributed by atoms with Crippen LogP contribution >= 0.6 is 0 Å². The molecule has 0 bridgehead atoms. The average Bonchev–Trinajstić information content (AvgIpc) is 3.64. The molecule has 0 unspecified atom stereocenters. The van der Waals surface area contributed by atoms with Crippen LogP contribution in [0.25, 0.3) is 105 Å². The van der Waals surface area contributed by atoms with Crippen LogP contribution in [0.15, 0.2) is 206 Å². The summed E-state index contributed by atoms with van der Waals surface area (Å²) in [5.41, 5.74) is 10.7. The van der Waals surface area contributed by atoms with Gasteiger partial charge in [0.05, 0.1) is 16.7 Å². The van der Waals surface area contributed by atoms with Crippen molar-refractivity contribution in [3.05, 3.63) is 206 Å². The maximum absolute atomic E-state index is 5.23. The van der Waals surface area contributed by atoms with Gasteiger partial charge in [0.15, 0.2) is 17.5 Å². The Bertz CT molecular complexity index is 3290.